The Morgan fingerprint density at radius 3 is 2.78 bits per heavy atom. The molecule has 1 unspecified atom stereocenters. The lowest BCUT2D eigenvalue weighted by molar-refractivity contribution is -0.119. The molecular weight excluding hydrogens is 226 g/mol. The predicted octanol–water partition coefficient (Wildman–Crippen LogP) is 1.95. The second-order valence-corrected chi connectivity index (χ2v) is 4.44. The lowest BCUT2D eigenvalue weighted by Gasteiger charge is -2.18. The third-order valence-corrected chi connectivity index (χ3v) is 2.84. The van der Waals surface area contributed by atoms with Crippen LogP contribution >= 0.6 is 0 Å². The van der Waals surface area contributed by atoms with Crippen LogP contribution in [0.25, 0.3) is 0 Å². The first-order valence-electron chi connectivity index (χ1n) is 5.89. The van der Waals surface area contributed by atoms with Crippen molar-refractivity contribution in [3.05, 3.63) is 53.6 Å². The summed E-state index contributed by atoms with van der Waals surface area (Å²) in [6.07, 6.45) is 3.61. The highest BCUT2D eigenvalue weighted by molar-refractivity contribution is 5.73. The maximum atomic E-state index is 11.4. The minimum atomic E-state index is -0.206. The molecule has 0 saturated heterocycles. The minimum Gasteiger partial charge on any atom is -0.342 e. The van der Waals surface area contributed by atoms with Gasteiger partial charge in [-0.05, 0) is 12.5 Å². The summed E-state index contributed by atoms with van der Waals surface area (Å²) < 4.78 is 1.92. The van der Waals surface area contributed by atoms with Gasteiger partial charge in [0.1, 0.15) is 11.9 Å². The Morgan fingerprint density at radius 2 is 2.22 bits per heavy atom. The summed E-state index contributed by atoms with van der Waals surface area (Å²) in [4.78, 5) is 15.7. The maximum Gasteiger partial charge on any atom is 0.217 e. The molecule has 0 fully saturated rings. The van der Waals surface area contributed by atoms with Crippen molar-refractivity contribution in [1.29, 1.82) is 0 Å². The summed E-state index contributed by atoms with van der Waals surface area (Å²) in [7, 11) is 1.92. The summed E-state index contributed by atoms with van der Waals surface area (Å²) >= 11 is 0. The number of nitrogens with one attached hydrogen (secondary N) is 1. The zero-order chi connectivity index (χ0) is 13.1. The topological polar surface area (TPSA) is 46.9 Å². The van der Waals surface area contributed by atoms with E-state index in [-0.39, 0.29) is 11.9 Å². The molecule has 1 aromatic carbocycles. The summed E-state index contributed by atoms with van der Waals surface area (Å²) in [6.45, 7) is 3.55. The Labute approximate surface area is 107 Å². The van der Waals surface area contributed by atoms with Gasteiger partial charge in [-0.1, -0.05) is 29.8 Å². The molecule has 0 aliphatic carbocycles. The van der Waals surface area contributed by atoms with Crippen LogP contribution in [0.3, 0.4) is 0 Å². The van der Waals surface area contributed by atoms with Crippen molar-refractivity contribution in [2.75, 3.05) is 0 Å². The number of aryl methyl sites for hydroxylation is 2. The zero-order valence-corrected chi connectivity index (χ0v) is 10.8. The first-order valence-corrected chi connectivity index (χ1v) is 5.89. The Kier molecular flexibility index (Phi) is 3.46. The van der Waals surface area contributed by atoms with E-state index in [1.54, 1.807) is 6.20 Å². The van der Waals surface area contributed by atoms with E-state index in [2.05, 4.69) is 16.4 Å². The molecule has 18 heavy (non-hydrogen) atoms. The number of aromatic nitrogens is 2. The molecule has 1 N–H and O–H groups in total. The largest absolute Gasteiger partial charge is 0.342 e. The van der Waals surface area contributed by atoms with Crippen LogP contribution in [-0.2, 0) is 11.8 Å². The second-order valence-electron chi connectivity index (χ2n) is 4.44. The highest BCUT2D eigenvalue weighted by Crippen LogP contribution is 2.21. The number of amides is 1. The van der Waals surface area contributed by atoms with Gasteiger partial charge < -0.3 is 9.88 Å². The molecule has 0 radical (unpaired) electrons. The van der Waals surface area contributed by atoms with Crippen LogP contribution in [0.2, 0.25) is 0 Å². The van der Waals surface area contributed by atoms with E-state index in [0.29, 0.717) is 0 Å². The SMILES string of the molecule is CC(=O)NC(c1cccc(C)c1)c1nccn1C. The molecule has 4 nitrogen and oxygen atoms in total. The van der Waals surface area contributed by atoms with Crippen molar-refractivity contribution >= 4 is 5.91 Å². The van der Waals surface area contributed by atoms with E-state index in [1.807, 2.05) is 42.9 Å². The molecule has 2 rings (SSSR count). The van der Waals surface area contributed by atoms with Crippen LogP contribution in [0.15, 0.2) is 36.7 Å². The number of nitrogens with zero attached hydrogens (tertiary/aromatic N) is 2. The highest BCUT2D eigenvalue weighted by atomic mass is 16.1. The van der Waals surface area contributed by atoms with Crippen LogP contribution in [-0.4, -0.2) is 15.5 Å². The van der Waals surface area contributed by atoms with Gasteiger partial charge in [-0.25, -0.2) is 4.98 Å². The molecule has 4 heteroatoms. The van der Waals surface area contributed by atoms with Crippen molar-refractivity contribution in [3.63, 3.8) is 0 Å². The quantitative estimate of drug-likeness (QED) is 0.895. The van der Waals surface area contributed by atoms with Gasteiger partial charge in [-0.3, -0.25) is 4.79 Å². The lowest BCUT2D eigenvalue weighted by atomic mass is 10.0. The van der Waals surface area contributed by atoms with E-state index < -0.39 is 0 Å². The monoisotopic (exact) mass is 243 g/mol. The Bertz CT molecular complexity index is 560. The van der Waals surface area contributed by atoms with Crippen LogP contribution in [0, 0.1) is 6.92 Å². The van der Waals surface area contributed by atoms with E-state index in [4.69, 9.17) is 0 Å². The van der Waals surface area contributed by atoms with Crippen LogP contribution in [0.1, 0.15) is 29.9 Å². The Morgan fingerprint density at radius 1 is 1.44 bits per heavy atom. The Balaban J connectivity index is 2.43. The van der Waals surface area contributed by atoms with Gasteiger partial charge in [-0.2, -0.15) is 0 Å². The number of hydrogen-bond acceptors (Lipinski definition) is 2. The van der Waals surface area contributed by atoms with Gasteiger partial charge in [0, 0.05) is 26.4 Å². The molecule has 0 aliphatic heterocycles. The van der Waals surface area contributed by atoms with Gasteiger partial charge >= 0.3 is 0 Å². The first kappa shape index (κ1) is 12.4. The average molecular weight is 243 g/mol. The second kappa shape index (κ2) is 5.04. The fourth-order valence-corrected chi connectivity index (χ4v) is 2.01. The third-order valence-electron chi connectivity index (χ3n) is 2.84. The number of hydrogen-bond donors (Lipinski definition) is 1. The van der Waals surface area contributed by atoms with Crippen molar-refractivity contribution in [3.8, 4) is 0 Å². The first-order chi connectivity index (χ1) is 8.58. The van der Waals surface area contributed by atoms with Gasteiger partial charge in [0.15, 0.2) is 0 Å². The van der Waals surface area contributed by atoms with E-state index in [1.165, 1.54) is 6.92 Å². The van der Waals surface area contributed by atoms with Gasteiger partial charge in [0.2, 0.25) is 5.91 Å². The van der Waals surface area contributed by atoms with Crippen molar-refractivity contribution in [2.45, 2.75) is 19.9 Å². The van der Waals surface area contributed by atoms with Crippen LogP contribution in [0.4, 0.5) is 0 Å². The van der Waals surface area contributed by atoms with Gasteiger partial charge in [-0.15, -0.1) is 0 Å². The molecule has 2 aromatic rings. The minimum absolute atomic E-state index is 0.0653. The molecule has 0 aliphatic rings. The fourth-order valence-electron chi connectivity index (χ4n) is 2.01. The highest BCUT2D eigenvalue weighted by Gasteiger charge is 2.19. The van der Waals surface area contributed by atoms with Crippen molar-refractivity contribution in [2.24, 2.45) is 7.05 Å². The molecule has 94 valence electrons. The summed E-state index contributed by atoms with van der Waals surface area (Å²) in [5, 5.41) is 2.94. The zero-order valence-electron chi connectivity index (χ0n) is 10.8. The molecule has 1 heterocycles. The lowest BCUT2D eigenvalue weighted by Crippen LogP contribution is -2.29. The van der Waals surface area contributed by atoms with Gasteiger partial charge in [0.05, 0.1) is 0 Å². The number of benzene rings is 1. The smallest absolute Gasteiger partial charge is 0.217 e. The number of carbonyl (C=O) groups excluding carboxylic acids is 1. The fraction of sp³-hybridized carbons (Fsp3) is 0.286. The van der Waals surface area contributed by atoms with Crippen molar-refractivity contribution < 1.29 is 4.79 Å². The molecule has 1 aromatic heterocycles. The molecular formula is C14H17N3O. The molecule has 0 saturated carbocycles. The normalized spacial score (nSPS) is 12.2. The molecule has 1 atom stereocenters. The maximum absolute atomic E-state index is 11.4. The molecule has 1 amide bonds. The molecule has 0 bridgehead atoms. The van der Waals surface area contributed by atoms with Crippen LogP contribution < -0.4 is 5.32 Å². The summed E-state index contributed by atoms with van der Waals surface area (Å²) in [5.41, 5.74) is 2.21. The molecule has 0 spiro atoms. The number of imidazole rings is 1. The van der Waals surface area contributed by atoms with Gasteiger partial charge in [0.25, 0.3) is 0 Å². The standard InChI is InChI=1S/C14H17N3O/c1-10-5-4-6-12(9-10)13(16-11(2)18)14-15-7-8-17(14)3/h4-9,13H,1-3H3,(H,16,18). The van der Waals surface area contributed by atoms with E-state index in [9.17, 15) is 4.79 Å². The third kappa shape index (κ3) is 2.59. The average Bonchev–Trinajstić information content (AvgIpc) is 2.72. The predicted molar refractivity (Wildman–Crippen MR) is 70.0 cm³/mol. The van der Waals surface area contributed by atoms with E-state index in [0.717, 1.165) is 17.0 Å². The summed E-state index contributed by atoms with van der Waals surface area (Å²) in [5.74, 6) is 0.764. The summed E-state index contributed by atoms with van der Waals surface area (Å²) in [6, 6.07) is 7.88. The van der Waals surface area contributed by atoms with E-state index >= 15 is 0 Å². The number of rotatable bonds is 3. The number of carbonyl (C=O) groups is 1. The Hall–Kier alpha value is -2.10. The van der Waals surface area contributed by atoms with Crippen LogP contribution in [0.5, 0.6) is 0 Å². The van der Waals surface area contributed by atoms with Crippen molar-refractivity contribution in [1.82, 2.24) is 14.9 Å².